The van der Waals surface area contributed by atoms with Crippen LogP contribution in [0.4, 0.5) is 0 Å². The first-order valence-electron chi connectivity index (χ1n) is 8.87. The normalized spacial score (nSPS) is 12.2. The predicted octanol–water partition coefficient (Wildman–Crippen LogP) is 3.62. The molecule has 0 spiro atoms. The summed E-state index contributed by atoms with van der Waals surface area (Å²) in [6.07, 6.45) is 5.14. The van der Waals surface area contributed by atoms with Crippen LogP contribution in [0.5, 0.6) is 0 Å². The highest BCUT2D eigenvalue weighted by Crippen LogP contribution is 2.21. The molecule has 0 unspecified atom stereocenters. The number of benzene rings is 1. The summed E-state index contributed by atoms with van der Waals surface area (Å²) < 4.78 is 3.75. The van der Waals surface area contributed by atoms with Gasteiger partial charge in [-0.15, -0.1) is 0 Å². The maximum absolute atomic E-state index is 12.7. The van der Waals surface area contributed by atoms with Crippen molar-refractivity contribution in [1.82, 2.24) is 24.2 Å². The van der Waals surface area contributed by atoms with Crippen molar-refractivity contribution >= 4 is 17.5 Å². The molecule has 0 N–H and O–H groups in total. The Morgan fingerprint density at radius 1 is 1.30 bits per heavy atom. The number of hydrogen-bond donors (Lipinski definition) is 0. The van der Waals surface area contributed by atoms with Crippen LogP contribution in [0.15, 0.2) is 43.0 Å². The topological polar surface area (TPSA) is 56.0 Å². The minimum absolute atomic E-state index is 0.0330. The second-order valence-electron chi connectivity index (χ2n) is 6.78. The highest BCUT2D eigenvalue weighted by molar-refractivity contribution is 6.31. The van der Waals surface area contributed by atoms with E-state index >= 15 is 0 Å². The summed E-state index contributed by atoms with van der Waals surface area (Å²) in [4.78, 5) is 18.5. The second kappa shape index (κ2) is 7.96. The van der Waals surface area contributed by atoms with Crippen molar-refractivity contribution in [3.8, 4) is 0 Å². The molecule has 142 valence electrons. The molecule has 1 amide bonds. The summed E-state index contributed by atoms with van der Waals surface area (Å²) in [7, 11) is 1.82. The molecule has 27 heavy (non-hydrogen) atoms. The van der Waals surface area contributed by atoms with Gasteiger partial charge in [-0.1, -0.05) is 29.8 Å². The van der Waals surface area contributed by atoms with E-state index in [1.165, 1.54) is 0 Å². The number of rotatable bonds is 6. The summed E-state index contributed by atoms with van der Waals surface area (Å²) in [5, 5.41) is 5.39. The Hall–Kier alpha value is -2.60. The smallest absolute Gasteiger partial charge is 0.245 e. The molecule has 1 aromatic carbocycles. The van der Waals surface area contributed by atoms with Crippen molar-refractivity contribution in [3.63, 3.8) is 0 Å². The minimum Gasteiger partial charge on any atom is -0.340 e. The van der Waals surface area contributed by atoms with Gasteiger partial charge in [0, 0.05) is 42.3 Å². The van der Waals surface area contributed by atoms with Crippen LogP contribution in [0.2, 0.25) is 5.02 Å². The highest BCUT2D eigenvalue weighted by atomic mass is 35.5. The van der Waals surface area contributed by atoms with E-state index in [0.717, 1.165) is 27.5 Å². The minimum atomic E-state index is -0.295. The molecule has 0 saturated heterocycles. The van der Waals surface area contributed by atoms with E-state index in [1.807, 2.05) is 56.8 Å². The summed E-state index contributed by atoms with van der Waals surface area (Å²) in [6, 6.07) is 7.48. The van der Waals surface area contributed by atoms with Gasteiger partial charge in [0.05, 0.1) is 18.6 Å². The maximum Gasteiger partial charge on any atom is 0.245 e. The summed E-state index contributed by atoms with van der Waals surface area (Å²) >= 11 is 6.28. The molecule has 3 rings (SSSR count). The van der Waals surface area contributed by atoms with E-state index in [-0.39, 0.29) is 11.9 Å². The fourth-order valence-corrected chi connectivity index (χ4v) is 3.36. The third-order valence-corrected chi connectivity index (χ3v) is 5.28. The van der Waals surface area contributed by atoms with Crippen molar-refractivity contribution in [3.05, 3.63) is 70.5 Å². The number of halogens is 1. The van der Waals surface area contributed by atoms with Crippen molar-refractivity contribution < 1.29 is 4.79 Å². The fourth-order valence-electron chi connectivity index (χ4n) is 3.16. The van der Waals surface area contributed by atoms with Crippen molar-refractivity contribution in [1.29, 1.82) is 0 Å². The van der Waals surface area contributed by atoms with Crippen LogP contribution in [0.1, 0.15) is 35.5 Å². The first-order valence-corrected chi connectivity index (χ1v) is 9.25. The van der Waals surface area contributed by atoms with Crippen LogP contribution in [-0.4, -0.2) is 37.2 Å². The number of carbonyl (C=O) groups is 1. The van der Waals surface area contributed by atoms with Gasteiger partial charge in [-0.25, -0.2) is 4.98 Å². The highest BCUT2D eigenvalue weighted by Gasteiger charge is 2.21. The Bertz CT molecular complexity index is 932. The number of aryl methyl sites for hydroxylation is 1. The lowest BCUT2D eigenvalue weighted by Gasteiger charge is -2.22. The Labute approximate surface area is 164 Å². The molecule has 3 aromatic rings. The SMILES string of the molecule is Cc1nn(Cc2ccccc2Cl)c(C)c1CN(C)C(=O)[C@H](C)n1ccnc1. The van der Waals surface area contributed by atoms with Crippen LogP contribution in [0.3, 0.4) is 0 Å². The maximum atomic E-state index is 12.7. The molecular weight excluding hydrogens is 362 g/mol. The van der Waals surface area contributed by atoms with Crippen LogP contribution < -0.4 is 0 Å². The zero-order chi connectivity index (χ0) is 19.6. The van der Waals surface area contributed by atoms with Gasteiger partial charge in [0.25, 0.3) is 0 Å². The first-order chi connectivity index (χ1) is 12.9. The molecule has 0 aliphatic rings. The molecule has 2 heterocycles. The monoisotopic (exact) mass is 385 g/mol. The van der Waals surface area contributed by atoms with Gasteiger partial charge in [-0.05, 0) is 32.4 Å². The van der Waals surface area contributed by atoms with E-state index in [2.05, 4.69) is 10.1 Å². The number of nitrogens with zero attached hydrogens (tertiary/aromatic N) is 5. The van der Waals surface area contributed by atoms with Crippen LogP contribution >= 0.6 is 11.6 Å². The lowest BCUT2D eigenvalue weighted by molar-refractivity contribution is -0.133. The predicted molar refractivity (Wildman–Crippen MR) is 106 cm³/mol. The Morgan fingerprint density at radius 3 is 2.70 bits per heavy atom. The number of aromatic nitrogens is 4. The number of amides is 1. The van der Waals surface area contributed by atoms with E-state index in [9.17, 15) is 4.79 Å². The quantitative estimate of drug-likeness (QED) is 0.651. The van der Waals surface area contributed by atoms with Crippen LogP contribution in [0, 0.1) is 13.8 Å². The summed E-state index contributed by atoms with van der Waals surface area (Å²) in [6.45, 7) is 7.00. The van der Waals surface area contributed by atoms with Gasteiger partial charge in [0.2, 0.25) is 5.91 Å². The first kappa shape index (κ1) is 19.2. The van der Waals surface area contributed by atoms with Crippen molar-refractivity contribution in [2.75, 3.05) is 7.05 Å². The van der Waals surface area contributed by atoms with E-state index < -0.39 is 0 Å². The zero-order valence-corrected chi connectivity index (χ0v) is 16.8. The van der Waals surface area contributed by atoms with Gasteiger partial charge in [-0.3, -0.25) is 9.48 Å². The zero-order valence-electron chi connectivity index (χ0n) is 16.1. The Kier molecular flexibility index (Phi) is 5.65. The van der Waals surface area contributed by atoms with Gasteiger partial charge in [-0.2, -0.15) is 5.10 Å². The number of imidazole rings is 1. The molecule has 6 nitrogen and oxygen atoms in total. The molecule has 7 heteroatoms. The van der Waals surface area contributed by atoms with Gasteiger partial charge >= 0.3 is 0 Å². The lowest BCUT2D eigenvalue weighted by Crippen LogP contribution is -2.32. The number of likely N-dealkylation sites (N-methyl/N-ethyl adjacent to an activating group) is 1. The van der Waals surface area contributed by atoms with Gasteiger partial charge in [0.15, 0.2) is 0 Å². The molecule has 0 saturated carbocycles. The van der Waals surface area contributed by atoms with Crippen LogP contribution in [0.25, 0.3) is 0 Å². The third kappa shape index (κ3) is 4.06. The average Bonchev–Trinajstić information content (AvgIpc) is 3.27. The van der Waals surface area contributed by atoms with E-state index in [0.29, 0.717) is 13.1 Å². The Morgan fingerprint density at radius 2 is 2.04 bits per heavy atom. The third-order valence-electron chi connectivity index (χ3n) is 4.91. The van der Waals surface area contributed by atoms with Gasteiger partial charge < -0.3 is 9.47 Å². The van der Waals surface area contributed by atoms with E-state index in [4.69, 9.17) is 11.6 Å². The fraction of sp³-hybridized carbons (Fsp3) is 0.350. The molecule has 0 bridgehead atoms. The Balaban J connectivity index is 1.76. The van der Waals surface area contributed by atoms with Crippen molar-refractivity contribution in [2.24, 2.45) is 0 Å². The standard InChI is InChI=1S/C20H24ClN5O/c1-14-18(12-24(4)20(27)16(3)25-10-9-22-13-25)15(2)26(23-14)11-17-7-5-6-8-19(17)21/h5-10,13,16H,11-12H2,1-4H3/t16-/m0/s1. The lowest BCUT2D eigenvalue weighted by atomic mass is 10.1. The second-order valence-corrected chi connectivity index (χ2v) is 7.19. The molecule has 0 radical (unpaired) electrons. The van der Waals surface area contributed by atoms with Gasteiger partial charge in [0.1, 0.15) is 6.04 Å². The van der Waals surface area contributed by atoms with Crippen LogP contribution in [-0.2, 0) is 17.9 Å². The molecule has 0 aliphatic heterocycles. The summed E-state index contributed by atoms with van der Waals surface area (Å²) in [5.74, 6) is 0.0330. The number of hydrogen-bond acceptors (Lipinski definition) is 3. The molecule has 0 aliphatic carbocycles. The largest absolute Gasteiger partial charge is 0.340 e. The average molecular weight is 386 g/mol. The molecule has 2 aromatic heterocycles. The number of carbonyl (C=O) groups excluding carboxylic acids is 1. The summed E-state index contributed by atoms with van der Waals surface area (Å²) in [5.41, 5.74) is 4.06. The molecule has 0 fully saturated rings. The molecule has 1 atom stereocenters. The van der Waals surface area contributed by atoms with Crippen molar-refractivity contribution in [2.45, 2.75) is 39.9 Å². The molecular formula is C20H24ClN5O. The van der Waals surface area contributed by atoms with E-state index in [1.54, 1.807) is 28.2 Å².